The number of para-hydroxylation sites is 1. The van der Waals surface area contributed by atoms with E-state index < -0.39 is 0 Å². The zero-order chi connectivity index (χ0) is 18.6. The number of carbonyl (C=O) groups is 1. The Bertz CT molecular complexity index is 783. The third-order valence-corrected chi connectivity index (χ3v) is 5.63. The van der Waals surface area contributed by atoms with Crippen LogP contribution in [0.2, 0.25) is 5.02 Å². The molecule has 0 bridgehead atoms. The minimum atomic E-state index is -0.0495. The first-order chi connectivity index (χ1) is 13.2. The van der Waals surface area contributed by atoms with Crippen LogP contribution in [0.5, 0.6) is 0 Å². The van der Waals surface area contributed by atoms with Crippen LogP contribution in [-0.4, -0.2) is 60.3 Å². The van der Waals surface area contributed by atoms with E-state index in [9.17, 15) is 4.79 Å². The van der Waals surface area contributed by atoms with Gasteiger partial charge in [0.15, 0.2) is 11.5 Å². The lowest BCUT2D eigenvalue weighted by atomic mass is 10.1. The SMILES string of the molecule is O=C(c1ccc(N2CCCCC2)nn1)N1CCN(c2ccccc2Cl)CC1. The number of piperidine rings is 1. The van der Waals surface area contributed by atoms with Gasteiger partial charge in [0.2, 0.25) is 0 Å². The molecule has 0 unspecified atom stereocenters. The molecule has 0 radical (unpaired) electrons. The van der Waals surface area contributed by atoms with Gasteiger partial charge < -0.3 is 14.7 Å². The Morgan fingerprint density at radius 1 is 0.815 bits per heavy atom. The zero-order valence-corrected chi connectivity index (χ0v) is 16.1. The first kappa shape index (κ1) is 18.0. The molecule has 2 aliphatic rings. The molecule has 1 amide bonds. The summed E-state index contributed by atoms with van der Waals surface area (Å²) in [4.78, 5) is 19.1. The summed E-state index contributed by atoms with van der Waals surface area (Å²) in [6.07, 6.45) is 3.66. The molecule has 7 heteroatoms. The number of nitrogens with zero attached hydrogens (tertiary/aromatic N) is 5. The summed E-state index contributed by atoms with van der Waals surface area (Å²) in [5, 5.41) is 9.24. The number of hydrogen-bond donors (Lipinski definition) is 0. The molecule has 0 saturated carbocycles. The lowest BCUT2D eigenvalue weighted by Crippen LogP contribution is -2.49. The molecule has 4 rings (SSSR count). The number of anilines is 2. The molecule has 0 N–H and O–H groups in total. The van der Waals surface area contributed by atoms with E-state index >= 15 is 0 Å². The summed E-state index contributed by atoms with van der Waals surface area (Å²) in [5.74, 6) is 0.821. The fourth-order valence-electron chi connectivity index (χ4n) is 3.75. The lowest BCUT2D eigenvalue weighted by Gasteiger charge is -2.36. The van der Waals surface area contributed by atoms with Crippen molar-refractivity contribution in [3.8, 4) is 0 Å². The van der Waals surface area contributed by atoms with Gasteiger partial charge in [-0.2, -0.15) is 0 Å². The Labute approximate surface area is 164 Å². The molecule has 1 aromatic carbocycles. The van der Waals surface area contributed by atoms with E-state index in [2.05, 4.69) is 20.0 Å². The molecule has 2 aliphatic heterocycles. The molecule has 2 aromatic rings. The standard InChI is InChI=1S/C20H24ClN5O/c21-16-6-2-3-7-18(16)24-12-14-26(15-13-24)20(27)17-8-9-19(23-22-17)25-10-4-1-5-11-25/h2-3,6-9H,1,4-5,10-15H2. The van der Waals surface area contributed by atoms with Crippen molar-refractivity contribution < 1.29 is 4.79 Å². The number of hydrogen-bond acceptors (Lipinski definition) is 5. The predicted molar refractivity (Wildman–Crippen MR) is 108 cm³/mol. The maximum atomic E-state index is 12.8. The van der Waals surface area contributed by atoms with E-state index in [4.69, 9.17) is 11.6 Å². The van der Waals surface area contributed by atoms with E-state index in [-0.39, 0.29) is 5.91 Å². The van der Waals surface area contributed by atoms with Crippen molar-refractivity contribution in [1.82, 2.24) is 15.1 Å². The molecule has 0 atom stereocenters. The number of benzene rings is 1. The van der Waals surface area contributed by atoms with Gasteiger partial charge in [-0.3, -0.25) is 4.79 Å². The Kier molecular flexibility index (Phi) is 5.43. The summed E-state index contributed by atoms with van der Waals surface area (Å²) >= 11 is 6.29. The first-order valence-corrected chi connectivity index (χ1v) is 9.97. The molecule has 2 fully saturated rings. The van der Waals surface area contributed by atoms with E-state index in [0.717, 1.165) is 42.7 Å². The highest BCUT2D eigenvalue weighted by Gasteiger charge is 2.24. The van der Waals surface area contributed by atoms with Crippen molar-refractivity contribution in [2.45, 2.75) is 19.3 Å². The number of carbonyl (C=O) groups excluding carboxylic acids is 1. The van der Waals surface area contributed by atoms with Gasteiger partial charge in [-0.25, -0.2) is 0 Å². The van der Waals surface area contributed by atoms with Crippen molar-refractivity contribution in [2.24, 2.45) is 0 Å². The van der Waals surface area contributed by atoms with E-state index in [0.29, 0.717) is 18.8 Å². The lowest BCUT2D eigenvalue weighted by molar-refractivity contribution is 0.0739. The number of halogens is 1. The van der Waals surface area contributed by atoms with Crippen molar-refractivity contribution in [2.75, 3.05) is 49.1 Å². The quantitative estimate of drug-likeness (QED) is 0.812. The van der Waals surface area contributed by atoms with Gasteiger partial charge >= 0.3 is 0 Å². The molecule has 6 nitrogen and oxygen atoms in total. The monoisotopic (exact) mass is 385 g/mol. The first-order valence-electron chi connectivity index (χ1n) is 9.60. The zero-order valence-electron chi connectivity index (χ0n) is 15.4. The maximum absolute atomic E-state index is 12.8. The van der Waals surface area contributed by atoms with Crippen LogP contribution >= 0.6 is 11.6 Å². The van der Waals surface area contributed by atoms with Crippen molar-refractivity contribution >= 4 is 29.0 Å². The summed E-state index contributed by atoms with van der Waals surface area (Å²) in [6, 6.07) is 11.6. The van der Waals surface area contributed by atoms with Crippen LogP contribution in [0.15, 0.2) is 36.4 Å². The van der Waals surface area contributed by atoms with Crippen molar-refractivity contribution in [1.29, 1.82) is 0 Å². The van der Waals surface area contributed by atoms with Gasteiger partial charge in [0.1, 0.15) is 0 Å². The van der Waals surface area contributed by atoms with Gasteiger partial charge in [-0.1, -0.05) is 23.7 Å². The fraction of sp³-hybridized carbons (Fsp3) is 0.450. The van der Waals surface area contributed by atoms with Crippen LogP contribution in [0.4, 0.5) is 11.5 Å². The van der Waals surface area contributed by atoms with Gasteiger partial charge in [0, 0.05) is 39.3 Å². The summed E-state index contributed by atoms with van der Waals surface area (Å²) in [6.45, 7) is 4.86. The summed E-state index contributed by atoms with van der Waals surface area (Å²) in [7, 11) is 0. The Morgan fingerprint density at radius 3 is 2.22 bits per heavy atom. The highest BCUT2D eigenvalue weighted by atomic mass is 35.5. The number of aromatic nitrogens is 2. The van der Waals surface area contributed by atoms with Gasteiger partial charge in [-0.15, -0.1) is 10.2 Å². The Hall–Kier alpha value is -2.34. The van der Waals surface area contributed by atoms with Gasteiger partial charge in [0.05, 0.1) is 10.7 Å². The van der Waals surface area contributed by atoms with Crippen LogP contribution in [0, 0.1) is 0 Å². The molecular weight excluding hydrogens is 362 g/mol. The summed E-state index contributed by atoms with van der Waals surface area (Å²) in [5.41, 5.74) is 1.44. The van der Waals surface area contributed by atoms with Crippen molar-refractivity contribution in [3.63, 3.8) is 0 Å². The highest BCUT2D eigenvalue weighted by Crippen LogP contribution is 2.26. The smallest absolute Gasteiger partial charge is 0.274 e. The number of rotatable bonds is 3. The highest BCUT2D eigenvalue weighted by molar-refractivity contribution is 6.33. The normalized spacial score (nSPS) is 17.9. The van der Waals surface area contributed by atoms with Gasteiger partial charge in [0.25, 0.3) is 5.91 Å². The predicted octanol–water partition coefficient (Wildman–Crippen LogP) is 3.08. The van der Waals surface area contributed by atoms with E-state index in [1.54, 1.807) is 6.07 Å². The largest absolute Gasteiger partial charge is 0.367 e. The molecular formula is C20H24ClN5O. The van der Waals surface area contributed by atoms with Gasteiger partial charge in [-0.05, 0) is 43.5 Å². The molecule has 3 heterocycles. The molecule has 27 heavy (non-hydrogen) atoms. The number of piperazine rings is 1. The minimum Gasteiger partial charge on any atom is -0.367 e. The average molecular weight is 386 g/mol. The second-order valence-electron chi connectivity index (χ2n) is 7.06. The van der Waals surface area contributed by atoms with Crippen LogP contribution in [0.1, 0.15) is 29.8 Å². The average Bonchev–Trinajstić information content (AvgIpc) is 2.74. The topological polar surface area (TPSA) is 52.6 Å². The second kappa shape index (κ2) is 8.13. The fourth-order valence-corrected chi connectivity index (χ4v) is 4.01. The number of amides is 1. The van der Waals surface area contributed by atoms with E-state index in [1.807, 2.05) is 35.2 Å². The molecule has 0 spiro atoms. The third kappa shape index (κ3) is 4.00. The third-order valence-electron chi connectivity index (χ3n) is 5.31. The van der Waals surface area contributed by atoms with Crippen LogP contribution in [0.3, 0.4) is 0 Å². The molecule has 1 aromatic heterocycles. The Morgan fingerprint density at radius 2 is 1.56 bits per heavy atom. The molecule has 2 saturated heterocycles. The minimum absolute atomic E-state index is 0.0495. The maximum Gasteiger partial charge on any atom is 0.274 e. The van der Waals surface area contributed by atoms with Crippen molar-refractivity contribution in [3.05, 3.63) is 47.1 Å². The van der Waals surface area contributed by atoms with Crippen LogP contribution < -0.4 is 9.80 Å². The second-order valence-corrected chi connectivity index (χ2v) is 7.46. The summed E-state index contributed by atoms with van der Waals surface area (Å²) < 4.78 is 0. The Balaban J connectivity index is 1.37. The van der Waals surface area contributed by atoms with Crippen LogP contribution in [-0.2, 0) is 0 Å². The van der Waals surface area contributed by atoms with E-state index in [1.165, 1.54) is 19.3 Å². The van der Waals surface area contributed by atoms with Crippen LogP contribution in [0.25, 0.3) is 0 Å². The molecule has 0 aliphatic carbocycles. The molecule has 142 valence electrons.